The SMILES string of the molecule is COC(=O)c1c(F)cnc(OC(F)(F)F)c1C(F)F. The van der Waals surface area contributed by atoms with Crippen LogP contribution in [0.25, 0.3) is 0 Å². The average molecular weight is 289 g/mol. The summed E-state index contributed by atoms with van der Waals surface area (Å²) in [5.74, 6) is -4.72. The third-order valence-corrected chi connectivity index (χ3v) is 1.85. The van der Waals surface area contributed by atoms with Gasteiger partial charge >= 0.3 is 12.3 Å². The highest BCUT2D eigenvalue weighted by Gasteiger charge is 2.37. The summed E-state index contributed by atoms with van der Waals surface area (Å²) in [5, 5.41) is 0. The summed E-state index contributed by atoms with van der Waals surface area (Å²) in [7, 11) is 0.752. The molecule has 0 aliphatic carbocycles. The number of hydrogen-bond acceptors (Lipinski definition) is 4. The first-order valence-corrected chi connectivity index (χ1v) is 4.48. The number of hydrogen-bond donors (Lipinski definition) is 0. The Morgan fingerprint density at radius 2 is 1.95 bits per heavy atom. The van der Waals surface area contributed by atoms with Gasteiger partial charge in [-0.15, -0.1) is 13.2 Å². The van der Waals surface area contributed by atoms with Crippen molar-refractivity contribution in [3.05, 3.63) is 23.1 Å². The quantitative estimate of drug-likeness (QED) is 0.634. The maximum Gasteiger partial charge on any atom is 0.574 e. The molecule has 0 atom stereocenters. The number of carbonyl (C=O) groups excluding carboxylic acids is 1. The van der Waals surface area contributed by atoms with Crippen LogP contribution >= 0.6 is 0 Å². The minimum absolute atomic E-state index is 0.152. The van der Waals surface area contributed by atoms with Crippen LogP contribution in [-0.4, -0.2) is 24.4 Å². The first-order valence-electron chi connectivity index (χ1n) is 4.48. The number of carbonyl (C=O) groups is 1. The van der Waals surface area contributed by atoms with Crippen molar-refractivity contribution in [2.45, 2.75) is 12.8 Å². The van der Waals surface area contributed by atoms with Crippen LogP contribution in [0, 0.1) is 5.82 Å². The zero-order valence-electron chi connectivity index (χ0n) is 9.09. The number of methoxy groups -OCH3 is 1. The molecule has 0 aliphatic heterocycles. The van der Waals surface area contributed by atoms with Gasteiger partial charge < -0.3 is 9.47 Å². The molecule has 0 amide bonds. The predicted molar refractivity (Wildman–Crippen MR) is 47.2 cm³/mol. The molecule has 0 fully saturated rings. The summed E-state index contributed by atoms with van der Waals surface area (Å²) in [5.41, 5.74) is -2.98. The zero-order chi connectivity index (χ0) is 14.8. The van der Waals surface area contributed by atoms with Crippen LogP contribution in [0.2, 0.25) is 0 Å². The molecule has 1 heterocycles. The molecular formula is C9H5F6NO3. The van der Waals surface area contributed by atoms with Gasteiger partial charge in [0.05, 0.1) is 18.9 Å². The lowest BCUT2D eigenvalue weighted by Gasteiger charge is -2.14. The van der Waals surface area contributed by atoms with E-state index in [1.165, 1.54) is 0 Å². The Morgan fingerprint density at radius 3 is 2.37 bits per heavy atom. The first kappa shape index (κ1) is 15.1. The van der Waals surface area contributed by atoms with Crippen molar-refractivity contribution >= 4 is 5.97 Å². The fourth-order valence-corrected chi connectivity index (χ4v) is 1.19. The fourth-order valence-electron chi connectivity index (χ4n) is 1.19. The van der Waals surface area contributed by atoms with E-state index in [1.807, 2.05) is 0 Å². The van der Waals surface area contributed by atoms with E-state index in [1.54, 1.807) is 0 Å². The van der Waals surface area contributed by atoms with Crippen LogP contribution in [0.15, 0.2) is 6.20 Å². The first-order chi connectivity index (χ1) is 8.67. The Hall–Kier alpha value is -2.00. The molecule has 4 nitrogen and oxygen atoms in total. The van der Waals surface area contributed by atoms with Gasteiger partial charge in [0.15, 0.2) is 5.82 Å². The van der Waals surface area contributed by atoms with Crippen LogP contribution in [-0.2, 0) is 4.74 Å². The summed E-state index contributed by atoms with van der Waals surface area (Å²) in [6.45, 7) is 0. The van der Waals surface area contributed by atoms with Gasteiger partial charge in [0.2, 0.25) is 5.88 Å². The molecule has 0 radical (unpaired) electrons. The molecule has 1 aromatic rings. The summed E-state index contributed by atoms with van der Waals surface area (Å²) in [6, 6.07) is 0. The average Bonchev–Trinajstić information content (AvgIpc) is 2.27. The van der Waals surface area contributed by atoms with Gasteiger partial charge in [0.25, 0.3) is 6.43 Å². The minimum atomic E-state index is -5.32. The largest absolute Gasteiger partial charge is 0.574 e. The molecule has 0 aliphatic rings. The number of nitrogens with zero attached hydrogens (tertiary/aromatic N) is 1. The van der Waals surface area contributed by atoms with E-state index in [-0.39, 0.29) is 6.20 Å². The number of aromatic nitrogens is 1. The van der Waals surface area contributed by atoms with Crippen molar-refractivity contribution in [2.24, 2.45) is 0 Å². The van der Waals surface area contributed by atoms with Crippen molar-refractivity contribution < 1.29 is 40.6 Å². The predicted octanol–water partition coefficient (Wildman–Crippen LogP) is 2.84. The van der Waals surface area contributed by atoms with Crippen molar-refractivity contribution in [1.29, 1.82) is 0 Å². The van der Waals surface area contributed by atoms with Crippen LogP contribution in [0.3, 0.4) is 0 Å². The Morgan fingerprint density at radius 1 is 1.37 bits per heavy atom. The summed E-state index contributed by atoms with van der Waals surface area (Å²) in [4.78, 5) is 13.9. The maximum atomic E-state index is 13.2. The summed E-state index contributed by atoms with van der Waals surface area (Å²) < 4.78 is 81.8. The molecule has 1 aromatic heterocycles. The topological polar surface area (TPSA) is 48.4 Å². The Balaban J connectivity index is 3.45. The Kier molecular flexibility index (Phi) is 4.22. The zero-order valence-corrected chi connectivity index (χ0v) is 9.09. The second kappa shape index (κ2) is 5.33. The third-order valence-electron chi connectivity index (χ3n) is 1.85. The van der Waals surface area contributed by atoms with Crippen molar-refractivity contribution in [3.63, 3.8) is 0 Å². The molecular weight excluding hydrogens is 284 g/mol. The highest BCUT2D eigenvalue weighted by atomic mass is 19.4. The van der Waals surface area contributed by atoms with Gasteiger partial charge in [-0.25, -0.2) is 22.9 Å². The smallest absolute Gasteiger partial charge is 0.465 e. The van der Waals surface area contributed by atoms with Gasteiger partial charge in [-0.1, -0.05) is 0 Å². The van der Waals surface area contributed by atoms with E-state index in [2.05, 4.69) is 14.5 Å². The van der Waals surface area contributed by atoms with E-state index in [0.29, 0.717) is 0 Å². The Labute approximate surface area is 101 Å². The molecule has 19 heavy (non-hydrogen) atoms. The number of pyridine rings is 1. The normalized spacial score (nSPS) is 11.6. The monoisotopic (exact) mass is 289 g/mol. The number of ether oxygens (including phenoxy) is 2. The van der Waals surface area contributed by atoms with E-state index >= 15 is 0 Å². The van der Waals surface area contributed by atoms with Gasteiger partial charge in [0.1, 0.15) is 5.56 Å². The van der Waals surface area contributed by atoms with Crippen molar-refractivity contribution in [1.82, 2.24) is 4.98 Å². The molecule has 0 bridgehead atoms. The molecule has 0 aromatic carbocycles. The highest BCUT2D eigenvalue weighted by molar-refractivity contribution is 5.92. The van der Waals surface area contributed by atoms with E-state index in [9.17, 15) is 31.1 Å². The van der Waals surface area contributed by atoms with E-state index < -0.39 is 41.6 Å². The van der Waals surface area contributed by atoms with Crippen molar-refractivity contribution in [2.75, 3.05) is 7.11 Å². The van der Waals surface area contributed by atoms with Gasteiger partial charge in [0, 0.05) is 0 Å². The highest BCUT2D eigenvalue weighted by Crippen LogP contribution is 2.35. The van der Waals surface area contributed by atoms with Gasteiger partial charge in [-0.3, -0.25) is 0 Å². The Bertz CT molecular complexity index is 488. The molecule has 0 N–H and O–H groups in total. The van der Waals surface area contributed by atoms with E-state index in [0.717, 1.165) is 7.11 Å². The van der Waals surface area contributed by atoms with Crippen LogP contribution in [0.5, 0.6) is 5.88 Å². The van der Waals surface area contributed by atoms with Crippen molar-refractivity contribution in [3.8, 4) is 5.88 Å². The van der Waals surface area contributed by atoms with Crippen LogP contribution in [0.4, 0.5) is 26.3 Å². The number of alkyl halides is 5. The second-order valence-corrected chi connectivity index (χ2v) is 3.04. The molecule has 0 saturated carbocycles. The van der Waals surface area contributed by atoms with Gasteiger partial charge in [-0.2, -0.15) is 0 Å². The molecule has 0 saturated heterocycles. The standard InChI is InChI=1S/C9H5F6NO3/c1-18-8(17)4-3(10)2-16-7(5(4)6(11)12)19-9(13,14)15/h2,6H,1H3. The van der Waals surface area contributed by atoms with Crippen LogP contribution < -0.4 is 4.74 Å². The number of esters is 1. The number of halogens is 6. The third kappa shape index (κ3) is 3.48. The maximum absolute atomic E-state index is 13.2. The molecule has 0 spiro atoms. The molecule has 10 heteroatoms. The lowest BCUT2D eigenvalue weighted by molar-refractivity contribution is -0.276. The molecule has 0 unspecified atom stereocenters. The van der Waals surface area contributed by atoms with Gasteiger partial charge in [-0.05, 0) is 0 Å². The summed E-state index contributed by atoms with van der Waals surface area (Å²) in [6.07, 6.45) is -8.78. The molecule has 106 valence electrons. The number of rotatable bonds is 3. The lowest BCUT2D eigenvalue weighted by atomic mass is 10.1. The summed E-state index contributed by atoms with van der Waals surface area (Å²) >= 11 is 0. The minimum Gasteiger partial charge on any atom is -0.465 e. The van der Waals surface area contributed by atoms with E-state index in [4.69, 9.17) is 0 Å². The van der Waals surface area contributed by atoms with Crippen LogP contribution in [0.1, 0.15) is 22.3 Å². The lowest BCUT2D eigenvalue weighted by Crippen LogP contribution is -2.21. The molecule has 1 rings (SSSR count). The fraction of sp³-hybridized carbons (Fsp3) is 0.333. The second-order valence-electron chi connectivity index (χ2n) is 3.04.